The van der Waals surface area contributed by atoms with Crippen LogP contribution in [0, 0.1) is 6.92 Å². The van der Waals surface area contributed by atoms with Crippen LogP contribution in [0.1, 0.15) is 27.0 Å². The van der Waals surface area contributed by atoms with Gasteiger partial charge in [0.05, 0.1) is 25.4 Å². The molecule has 2 N–H and O–H groups in total. The van der Waals surface area contributed by atoms with E-state index in [1.807, 2.05) is 67.6 Å². The highest BCUT2D eigenvalue weighted by Crippen LogP contribution is 2.18. The van der Waals surface area contributed by atoms with Gasteiger partial charge in [0.2, 0.25) is 0 Å². The number of ether oxygens (including phenoxy) is 2. The predicted molar refractivity (Wildman–Crippen MR) is 124 cm³/mol. The fraction of sp³-hybridized carbons (Fsp3) is 0.160. The largest absolute Gasteiger partial charge is 0.488 e. The Hall–Kier alpha value is -4.13. The molecule has 7 nitrogen and oxygen atoms in total. The Bertz CT molecular complexity index is 1080. The molecule has 0 heterocycles. The van der Waals surface area contributed by atoms with Crippen molar-refractivity contribution >= 4 is 23.8 Å². The van der Waals surface area contributed by atoms with Crippen LogP contribution >= 0.6 is 0 Å². The molecule has 164 valence electrons. The number of rotatable bonds is 9. The van der Waals surface area contributed by atoms with Crippen molar-refractivity contribution in [2.75, 3.05) is 19.0 Å². The van der Waals surface area contributed by atoms with Crippen molar-refractivity contribution in [3.8, 4) is 5.75 Å². The number of hydrogen-bond acceptors (Lipinski definition) is 6. The fourth-order valence-electron chi connectivity index (χ4n) is 2.80. The van der Waals surface area contributed by atoms with Gasteiger partial charge in [-0.2, -0.15) is 5.10 Å². The predicted octanol–water partition coefficient (Wildman–Crippen LogP) is 3.92. The highest BCUT2D eigenvalue weighted by Gasteiger charge is 2.06. The summed E-state index contributed by atoms with van der Waals surface area (Å²) in [7, 11) is 1.35. The van der Waals surface area contributed by atoms with Gasteiger partial charge in [0.1, 0.15) is 12.4 Å². The molecule has 1 amide bonds. The standard InChI is InChI=1S/C25H25N3O4/c1-18-7-13-22(14-8-18)26-16-24(29)28-27-15-21-5-3-4-6-23(21)32-17-19-9-11-20(12-10-19)25(30)31-2/h3-15,26H,16-17H2,1-2H3,(H,28,29)/b27-15+. The van der Waals surface area contributed by atoms with Gasteiger partial charge in [-0.15, -0.1) is 0 Å². The van der Waals surface area contributed by atoms with E-state index in [1.165, 1.54) is 7.11 Å². The maximum atomic E-state index is 12.0. The van der Waals surface area contributed by atoms with E-state index in [1.54, 1.807) is 18.3 Å². The normalized spacial score (nSPS) is 10.6. The molecule has 0 fully saturated rings. The zero-order chi connectivity index (χ0) is 22.8. The van der Waals surface area contributed by atoms with Crippen molar-refractivity contribution in [3.05, 3.63) is 95.1 Å². The van der Waals surface area contributed by atoms with E-state index in [2.05, 4.69) is 15.8 Å². The summed E-state index contributed by atoms with van der Waals surface area (Å²) in [6, 6.07) is 22.2. The summed E-state index contributed by atoms with van der Waals surface area (Å²) >= 11 is 0. The molecule has 0 saturated carbocycles. The minimum Gasteiger partial charge on any atom is -0.488 e. The van der Waals surface area contributed by atoms with Gasteiger partial charge >= 0.3 is 5.97 Å². The minimum atomic E-state index is -0.380. The Morgan fingerprint density at radius 1 is 0.969 bits per heavy atom. The van der Waals surface area contributed by atoms with Crippen molar-refractivity contribution in [2.45, 2.75) is 13.5 Å². The molecular formula is C25H25N3O4. The molecule has 3 aromatic rings. The molecule has 3 rings (SSSR count). The van der Waals surface area contributed by atoms with Gasteiger partial charge in [-0.25, -0.2) is 10.2 Å². The summed E-state index contributed by atoms with van der Waals surface area (Å²) in [5.74, 6) is -0.0126. The average Bonchev–Trinajstić information content (AvgIpc) is 2.83. The second-order valence-corrected chi connectivity index (χ2v) is 7.03. The van der Waals surface area contributed by atoms with Crippen LogP contribution in [0.4, 0.5) is 5.69 Å². The molecular weight excluding hydrogens is 406 g/mol. The fourth-order valence-corrected chi connectivity index (χ4v) is 2.80. The van der Waals surface area contributed by atoms with Crippen LogP contribution in [0.3, 0.4) is 0 Å². The first-order valence-electron chi connectivity index (χ1n) is 10.1. The van der Waals surface area contributed by atoms with Crippen LogP contribution in [0.15, 0.2) is 77.9 Å². The van der Waals surface area contributed by atoms with Crippen molar-refractivity contribution in [1.82, 2.24) is 5.43 Å². The first-order valence-corrected chi connectivity index (χ1v) is 10.1. The Morgan fingerprint density at radius 2 is 1.69 bits per heavy atom. The summed E-state index contributed by atoms with van der Waals surface area (Å²) in [5.41, 5.74) is 6.64. The van der Waals surface area contributed by atoms with Crippen molar-refractivity contribution < 1.29 is 19.1 Å². The molecule has 0 unspecified atom stereocenters. The molecule has 3 aromatic carbocycles. The topological polar surface area (TPSA) is 89.0 Å². The van der Waals surface area contributed by atoms with Gasteiger partial charge in [0.25, 0.3) is 5.91 Å². The SMILES string of the molecule is COC(=O)c1ccc(COc2ccccc2/C=N/NC(=O)CNc2ccc(C)cc2)cc1. The number of para-hydroxylation sites is 1. The van der Waals surface area contributed by atoms with Gasteiger partial charge in [0, 0.05) is 11.3 Å². The number of aryl methyl sites for hydroxylation is 1. The van der Waals surface area contributed by atoms with Gasteiger partial charge in [-0.05, 0) is 48.9 Å². The van der Waals surface area contributed by atoms with E-state index < -0.39 is 0 Å². The van der Waals surface area contributed by atoms with E-state index >= 15 is 0 Å². The number of hydrazone groups is 1. The third kappa shape index (κ3) is 6.70. The number of carbonyl (C=O) groups is 2. The summed E-state index contributed by atoms with van der Waals surface area (Å²) in [4.78, 5) is 23.5. The lowest BCUT2D eigenvalue weighted by molar-refractivity contribution is -0.119. The zero-order valence-corrected chi connectivity index (χ0v) is 18.0. The van der Waals surface area contributed by atoms with Crippen LogP contribution in [0.25, 0.3) is 0 Å². The highest BCUT2D eigenvalue weighted by atomic mass is 16.5. The molecule has 0 saturated heterocycles. The Labute approximate surface area is 187 Å². The lowest BCUT2D eigenvalue weighted by Crippen LogP contribution is -2.25. The second-order valence-electron chi connectivity index (χ2n) is 7.03. The van der Waals surface area contributed by atoms with Crippen LogP contribution in [0.2, 0.25) is 0 Å². The van der Waals surface area contributed by atoms with Gasteiger partial charge in [0.15, 0.2) is 0 Å². The maximum absolute atomic E-state index is 12.0. The van der Waals surface area contributed by atoms with Crippen LogP contribution < -0.4 is 15.5 Å². The Kier molecular flexibility index (Phi) is 7.97. The number of nitrogens with zero attached hydrogens (tertiary/aromatic N) is 1. The summed E-state index contributed by atoms with van der Waals surface area (Å²) in [5, 5.41) is 7.07. The van der Waals surface area contributed by atoms with Crippen LogP contribution in [0.5, 0.6) is 5.75 Å². The molecule has 32 heavy (non-hydrogen) atoms. The number of benzene rings is 3. The van der Waals surface area contributed by atoms with Crippen molar-refractivity contribution in [1.29, 1.82) is 0 Å². The molecule has 0 aliphatic carbocycles. The van der Waals surface area contributed by atoms with Gasteiger partial charge in [-0.3, -0.25) is 4.79 Å². The quantitative estimate of drug-likeness (QED) is 0.305. The molecule has 0 bridgehead atoms. The molecule has 0 atom stereocenters. The molecule has 0 radical (unpaired) electrons. The number of anilines is 1. The number of hydrogen-bond donors (Lipinski definition) is 2. The lowest BCUT2D eigenvalue weighted by Gasteiger charge is -2.09. The number of amides is 1. The van der Waals surface area contributed by atoms with Crippen molar-refractivity contribution in [3.63, 3.8) is 0 Å². The second kappa shape index (κ2) is 11.3. The first-order chi connectivity index (χ1) is 15.5. The monoisotopic (exact) mass is 431 g/mol. The Morgan fingerprint density at radius 3 is 2.41 bits per heavy atom. The smallest absolute Gasteiger partial charge is 0.337 e. The van der Waals surface area contributed by atoms with E-state index in [-0.39, 0.29) is 18.4 Å². The number of esters is 1. The third-order valence-electron chi connectivity index (χ3n) is 4.59. The lowest BCUT2D eigenvalue weighted by atomic mass is 10.1. The molecule has 0 aromatic heterocycles. The van der Waals surface area contributed by atoms with Crippen LogP contribution in [-0.2, 0) is 16.1 Å². The molecule has 0 spiro atoms. The maximum Gasteiger partial charge on any atom is 0.337 e. The Balaban J connectivity index is 1.51. The molecule has 7 heteroatoms. The summed E-state index contributed by atoms with van der Waals surface area (Å²) in [6.07, 6.45) is 1.54. The van der Waals surface area contributed by atoms with E-state index in [9.17, 15) is 9.59 Å². The number of methoxy groups -OCH3 is 1. The van der Waals surface area contributed by atoms with Gasteiger partial charge < -0.3 is 14.8 Å². The minimum absolute atomic E-state index is 0.111. The summed E-state index contributed by atoms with van der Waals surface area (Å²) in [6.45, 7) is 2.44. The third-order valence-corrected chi connectivity index (χ3v) is 4.59. The molecule has 0 aliphatic heterocycles. The average molecular weight is 431 g/mol. The number of carbonyl (C=O) groups excluding carboxylic acids is 2. The molecule has 0 aliphatic rings. The number of nitrogens with one attached hydrogen (secondary N) is 2. The highest BCUT2D eigenvalue weighted by molar-refractivity contribution is 5.89. The van der Waals surface area contributed by atoms with E-state index in [0.717, 1.165) is 22.4 Å². The van der Waals surface area contributed by atoms with Crippen molar-refractivity contribution in [2.24, 2.45) is 5.10 Å². The zero-order valence-electron chi connectivity index (χ0n) is 18.0. The first kappa shape index (κ1) is 22.6. The van der Waals surface area contributed by atoms with E-state index in [4.69, 9.17) is 9.47 Å². The van der Waals surface area contributed by atoms with Crippen LogP contribution in [-0.4, -0.2) is 31.7 Å². The van der Waals surface area contributed by atoms with Gasteiger partial charge in [-0.1, -0.05) is 42.0 Å². The van der Waals surface area contributed by atoms with E-state index in [0.29, 0.717) is 17.9 Å². The summed E-state index contributed by atoms with van der Waals surface area (Å²) < 4.78 is 10.6.